The third-order valence-corrected chi connectivity index (χ3v) is 2.40. The fourth-order valence-corrected chi connectivity index (χ4v) is 1.29. The summed E-state index contributed by atoms with van der Waals surface area (Å²) in [4.78, 5) is 11.4. The maximum atomic E-state index is 11.4. The quantitative estimate of drug-likeness (QED) is 0.649. The third-order valence-electron chi connectivity index (χ3n) is 2.40. The van der Waals surface area contributed by atoms with E-state index in [0.717, 1.165) is 12.8 Å². The van der Waals surface area contributed by atoms with Crippen molar-refractivity contribution >= 4 is 5.91 Å². The highest BCUT2D eigenvalue weighted by Crippen LogP contribution is 2.25. The van der Waals surface area contributed by atoms with Crippen molar-refractivity contribution in [2.75, 3.05) is 13.1 Å². The number of nitrogens with two attached hydrogens (primary N) is 1. The molecule has 0 bridgehead atoms. The van der Waals surface area contributed by atoms with Gasteiger partial charge in [-0.1, -0.05) is 19.8 Å². The zero-order valence-corrected chi connectivity index (χ0v) is 10.0. The van der Waals surface area contributed by atoms with Gasteiger partial charge < -0.3 is 11.1 Å². The van der Waals surface area contributed by atoms with Gasteiger partial charge in [-0.05, 0) is 31.7 Å². The Kier molecular flexibility index (Phi) is 6.81. The second kappa shape index (κ2) is 7.30. The summed E-state index contributed by atoms with van der Waals surface area (Å²) in [7, 11) is 0. The topological polar surface area (TPSA) is 55.1 Å². The molecule has 0 saturated heterocycles. The van der Waals surface area contributed by atoms with Crippen LogP contribution in [0.2, 0.25) is 0 Å². The van der Waals surface area contributed by atoms with E-state index < -0.39 is 0 Å². The maximum absolute atomic E-state index is 11.4. The molecule has 0 aromatic rings. The van der Waals surface area contributed by atoms with E-state index in [4.69, 9.17) is 5.73 Å². The van der Waals surface area contributed by atoms with Crippen LogP contribution in [0.1, 0.15) is 40.0 Å². The first kappa shape index (κ1) is 14.0. The van der Waals surface area contributed by atoms with E-state index in [1.807, 2.05) is 0 Å². The van der Waals surface area contributed by atoms with E-state index in [2.05, 4.69) is 31.0 Å². The van der Waals surface area contributed by atoms with Gasteiger partial charge in [0.15, 0.2) is 0 Å². The highest BCUT2D eigenvalue weighted by atomic mass is 16.1. The Bertz CT molecular complexity index is 248. The van der Waals surface area contributed by atoms with Crippen LogP contribution in [0.5, 0.6) is 0 Å². The van der Waals surface area contributed by atoms with Crippen LogP contribution in [0.3, 0.4) is 0 Å². The Morgan fingerprint density at radius 1 is 1.40 bits per heavy atom. The summed E-state index contributed by atoms with van der Waals surface area (Å²) in [6, 6.07) is 0. The molecule has 0 aliphatic heterocycles. The lowest BCUT2D eigenvalue weighted by molar-refractivity contribution is -0.121. The first-order chi connectivity index (χ1) is 7.02. The highest BCUT2D eigenvalue weighted by Gasteiger charge is 2.17. The predicted octanol–water partition coefficient (Wildman–Crippen LogP) is 1.28. The molecule has 0 aliphatic carbocycles. The Morgan fingerprint density at radius 3 is 2.60 bits per heavy atom. The highest BCUT2D eigenvalue weighted by molar-refractivity contribution is 5.76. The van der Waals surface area contributed by atoms with E-state index in [1.165, 1.54) is 0 Å². The Labute approximate surface area is 92.8 Å². The van der Waals surface area contributed by atoms with Crippen molar-refractivity contribution in [3.8, 4) is 11.8 Å². The number of carbonyl (C=O) groups is 1. The smallest absolute Gasteiger partial charge is 0.220 e. The molecule has 15 heavy (non-hydrogen) atoms. The molecule has 86 valence electrons. The Hall–Kier alpha value is -1.01. The lowest BCUT2D eigenvalue weighted by atomic mass is 9.84. The molecule has 0 spiro atoms. The van der Waals surface area contributed by atoms with E-state index in [0.29, 0.717) is 19.5 Å². The molecule has 3 heteroatoms. The third kappa shape index (κ3) is 8.02. The van der Waals surface area contributed by atoms with Crippen LogP contribution < -0.4 is 11.1 Å². The minimum atomic E-state index is 0.0721. The van der Waals surface area contributed by atoms with Gasteiger partial charge in [0, 0.05) is 6.42 Å². The molecule has 0 aliphatic rings. The van der Waals surface area contributed by atoms with Crippen molar-refractivity contribution < 1.29 is 4.79 Å². The van der Waals surface area contributed by atoms with Crippen LogP contribution in [0.4, 0.5) is 0 Å². The van der Waals surface area contributed by atoms with Gasteiger partial charge in [0.25, 0.3) is 0 Å². The first-order valence-corrected chi connectivity index (χ1v) is 5.38. The number of carbonyl (C=O) groups excluding carboxylic acids is 1. The van der Waals surface area contributed by atoms with E-state index in [9.17, 15) is 4.79 Å². The molecule has 0 radical (unpaired) electrons. The van der Waals surface area contributed by atoms with Crippen molar-refractivity contribution in [3.63, 3.8) is 0 Å². The lowest BCUT2D eigenvalue weighted by Gasteiger charge is -2.23. The SMILES string of the molecule is CC#CCNC(=O)CCC(C)(C)CCN. The molecule has 3 N–H and O–H groups in total. The van der Waals surface area contributed by atoms with Crippen LogP contribution >= 0.6 is 0 Å². The minimum absolute atomic E-state index is 0.0721. The van der Waals surface area contributed by atoms with E-state index >= 15 is 0 Å². The van der Waals surface area contributed by atoms with Crippen molar-refractivity contribution in [2.45, 2.75) is 40.0 Å². The first-order valence-electron chi connectivity index (χ1n) is 5.38. The molecule has 3 nitrogen and oxygen atoms in total. The summed E-state index contributed by atoms with van der Waals surface area (Å²) >= 11 is 0. The number of nitrogens with one attached hydrogen (secondary N) is 1. The fourth-order valence-electron chi connectivity index (χ4n) is 1.29. The molecule has 0 rings (SSSR count). The molecule has 0 aromatic heterocycles. The fraction of sp³-hybridized carbons (Fsp3) is 0.750. The lowest BCUT2D eigenvalue weighted by Crippen LogP contribution is -2.26. The summed E-state index contributed by atoms with van der Waals surface area (Å²) < 4.78 is 0. The number of rotatable bonds is 6. The van der Waals surface area contributed by atoms with Crippen LogP contribution in [-0.2, 0) is 4.79 Å². The molecule has 0 aromatic carbocycles. The molecule has 0 fully saturated rings. The standard InChI is InChI=1S/C12H22N2O/c1-4-5-10-14-11(15)6-7-12(2,3)8-9-13/h6-10,13H2,1-3H3,(H,14,15). The Morgan fingerprint density at radius 2 is 2.07 bits per heavy atom. The minimum Gasteiger partial charge on any atom is -0.345 e. The molecule has 0 atom stereocenters. The van der Waals surface area contributed by atoms with Crippen LogP contribution in [-0.4, -0.2) is 19.0 Å². The molecule has 0 saturated carbocycles. The summed E-state index contributed by atoms with van der Waals surface area (Å²) in [5.41, 5.74) is 5.66. The van der Waals surface area contributed by atoms with Crippen molar-refractivity contribution in [1.82, 2.24) is 5.32 Å². The molecule has 1 amide bonds. The van der Waals surface area contributed by atoms with Crippen LogP contribution in [0.25, 0.3) is 0 Å². The molecular formula is C12H22N2O. The van der Waals surface area contributed by atoms with Crippen LogP contribution in [0, 0.1) is 17.3 Å². The van der Waals surface area contributed by atoms with Gasteiger partial charge in [0.2, 0.25) is 5.91 Å². The van der Waals surface area contributed by atoms with E-state index in [-0.39, 0.29) is 11.3 Å². The van der Waals surface area contributed by atoms with Gasteiger partial charge in [0.05, 0.1) is 6.54 Å². The van der Waals surface area contributed by atoms with Crippen molar-refractivity contribution in [2.24, 2.45) is 11.1 Å². The zero-order chi connectivity index (χ0) is 11.7. The maximum Gasteiger partial charge on any atom is 0.220 e. The van der Waals surface area contributed by atoms with Gasteiger partial charge in [-0.2, -0.15) is 0 Å². The van der Waals surface area contributed by atoms with Crippen LogP contribution in [0.15, 0.2) is 0 Å². The summed E-state index contributed by atoms with van der Waals surface area (Å²) in [5, 5.41) is 2.75. The second-order valence-corrected chi connectivity index (χ2v) is 4.41. The normalized spacial score (nSPS) is 10.4. The summed E-state index contributed by atoms with van der Waals surface area (Å²) in [5.74, 6) is 5.61. The summed E-state index contributed by atoms with van der Waals surface area (Å²) in [6.07, 6.45) is 2.38. The number of hydrogen-bond acceptors (Lipinski definition) is 2. The van der Waals surface area contributed by atoms with Crippen molar-refractivity contribution in [3.05, 3.63) is 0 Å². The summed E-state index contributed by atoms with van der Waals surface area (Å²) in [6.45, 7) is 7.16. The second-order valence-electron chi connectivity index (χ2n) is 4.41. The van der Waals surface area contributed by atoms with Crippen molar-refractivity contribution in [1.29, 1.82) is 0 Å². The zero-order valence-electron chi connectivity index (χ0n) is 10.0. The predicted molar refractivity (Wildman–Crippen MR) is 63.1 cm³/mol. The monoisotopic (exact) mass is 210 g/mol. The molecule has 0 heterocycles. The average molecular weight is 210 g/mol. The van der Waals surface area contributed by atoms with Gasteiger partial charge in [0.1, 0.15) is 0 Å². The molecular weight excluding hydrogens is 188 g/mol. The van der Waals surface area contributed by atoms with E-state index in [1.54, 1.807) is 6.92 Å². The van der Waals surface area contributed by atoms with Gasteiger partial charge in [-0.15, -0.1) is 5.92 Å². The number of amides is 1. The van der Waals surface area contributed by atoms with Gasteiger partial charge in [-0.3, -0.25) is 4.79 Å². The number of hydrogen-bond donors (Lipinski definition) is 2. The van der Waals surface area contributed by atoms with Gasteiger partial charge >= 0.3 is 0 Å². The van der Waals surface area contributed by atoms with Gasteiger partial charge in [-0.25, -0.2) is 0 Å². The largest absolute Gasteiger partial charge is 0.345 e. The molecule has 0 unspecified atom stereocenters. The average Bonchev–Trinajstić information content (AvgIpc) is 2.15. The Balaban J connectivity index is 3.73.